The van der Waals surface area contributed by atoms with Crippen molar-refractivity contribution in [1.82, 2.24) is 4.90 Å². The van der Waals surface area contributed by atoms with E-state index in [0.717, 1.165) is 24.9 Å². The molecule has 1 heterocycles. The molecule has 2 atom stereocenters. The van der Waals surface area contributed by atoms with Crippen molar-refractivity contribution >= 4 is 17.5 Å². The first-order chi connectivity index (χ1) is 10.0. The van der Waals surface area contributed by atoms with Gasteiger partial charge in [-0.15, -0.1) is 0 Å². The van der Waals surface area contributed by atoms with Gasteiger partial charge in [0.05, 0.1) is 0 Å². The minimum Gasteiger partial charge on any atom is -0.484 e. The topological polar surface area (TPSA) is 55.6 Å². The lowest BCUT2D eigenvalue weighted by Crippen LogP contribution is -2.50. The zero-order valence-corrected chi connectivity index (χ0v) is 13.4. The van der Waals surface area contributed by atoms with Crippen LogP contribution in [0.15, 0.2) is 18.2 Å². The number of carbonyl (C=O) groups is 1. The largest absolute Gasteiger partial charge is 0.484 e. The third-order valence-corrected chi connectivity index (χ3v) is 4.49. The second-order valence-corrected chi connectivity index (χ2v) is 6.21. The molecule has 1 amide bonds. The summed E-state index contributed by atoms with van der Waals surface area (Å²) in [6.07, 6.45) is 2.00. The van der Waals surface area contributed by atoms with Gasteiger partial charge < -0.3 is 15.4 Å². The van der Waals surface area contributed by atoms with Gasteiger partial charge in [0.25, 0.3) is 5.91 Å². The Balaban J connectivity index is 1.93. The number of nitrogens with two attached hydrogens (primary N) is 1. The van der Waals surface area contributed by atoms with E-state index in [1.807, 2.05) is 17.9 Å². The van der Waals surface area contributed by atoms with Gasteiger partial charge in [-0.05, 0) is 49.4 Å². The van der Waals surface area contributed by atoms with E-state index in [4.69, 9.17) is 22.1 Å². The van der Waals surface area contributed by atoms with Crippen LogP contribution in [0, 0.1) is 12.8 Å². The van der Waals surface area contributed by atoms with Gasteiger partial charge in [-0.25, -0.2) is 0 Å². The number of halogens is 1. The molecular formula is C16H23ClN2O2. The van der Waals surface area contributed by atoms with Gasteiger partial charge in [0.1, 0.15) is 5.75 Å². The molecule has 2 rings (SSSR count). The van der Waals surface area contributed by atoms with Crippen LogP contribution >= 0.6 is 11.6 Å². The van der Waals surface area contributed by atoms with Gasteiger partial charge in [0.2, 0.25) is 0 Å². The molecule has 0 saturated carbocycles. The third-order valence-electron chi connectivity index (χ3n) is 4.06. The first kappa shape index (κ1) is 16.1. The highest BCUT2D eigenvalue weighted by Crippen LogP contribution is 2.23. The summed E-state index contributed by atoms with van der Waals surface area (Å²) < 4.78 is 5.59. The number of rotatable bonds is 4. The average molecular weight is 311 g/mol. The molecule has 0 bridgehead atoms. The van der Waals surface area contributed by atoms with Gasteiger partial charge >= 0.3 is 0 Å². The van der Waals surface area contributed by atoms with Crippen LogP contribution in [-0.2, 0) is 4.79 Å². The fraction of sp³-hybridized carbons (Fsp3) is 0.562. The summed E-state index contributed by atoms with van der Waals surface area (Å²) >= 11 is 5.97. The van der Waals surface area contributed by atoms with Crippen LogP contribution in [0.4, 0.5) is 0 Å². The van der Waals surface area contributed by atoms with Crippen molar-refractivity contribution in [2.75, 3.05) is 19.7 Å². The molecule has 0 aromatic heterocycles. The number of hydrogen-bond donors (Lipinski definition) is 1. The third kappa shape index (κ3) is 4.11. The van der Waals surface area contributed by atoms with Crippen LogP contribution in [0.3, 0.4) is 0 Å². The summed E-state index contributed by atoms with van der Waals surface area (Å²) in [5, 5.41) is 0.696. The van der Waals surface area contributed by atoms with Crippen LogP contribution in [0.2, 0.25) is 5.02 Å². The lowest BCUT2D eigenvalue weighted by atomic mass is 9.92. The smallest absolute Gasteiger partial charge is 0.260 e. The van der Waals surface area contributed by atoms with E-state index in [2.05, 4.69) is 6.92 Å². The summed E-state index contributed by atoms with van der Waals surface area (Å²) in [6.45, 7) is 5.44. The molecule has 5 heteroatoms. The van der Waals surface area contributed by atoms with Crippen molar-refractivity contribution in [2.45, 2.75) is 32.7 Å². The van der Waals surface area contributed by atoms with E-state index >= 15 is 0 Å². The Morgan fingerprint density at radius 3 is 2.95 bits per heavy atom. The van der Waals surface area contributed by atoms with Crippen molar-refractivity contribution in [1.29, 1.82) is 0 Å². The SMILES string of the molecule is Cc1cc(OCC(=O)N2CCC(C)CC2CN)ccc1Cl. The van der Waals surface area contributed by atoms with Crippen molar-refractivity contribution in [2.24, 2.45) is 11.7 Å². The van der Waals surface area contributed by atoms with Crippen molar-refractivity contribution in [3.05, 3.63) is 28.8 Å². The number of likely N-dealkylation sites (tertiary alicyclic amines) is 1. The second-order valence-electron chi connectivity index (χ2n) is 5.81. The van der Waals surface area contributed by atoms with Gasteiger partial charge in [-0.2, -0.15) is 0 Å². The minimum absolute atomic E-state index is 0.00459. The standard InChI is InChI=1S/C16H23ClN2O2/c1-11-5-6-19(13(7-11)9-18)16(20)10-21-14-3-4-15(17)12(2)8-14/h3-4,8,11,13H,5-7,9-10,18H2,1-2H3. The van der Waals surface area contributed by atoms with Crippen LogP contribution in [0.1, 0.15) is 25.3 Å². The Hall–Kier alpha value is -1.26. The van der Waals surface area contributed by atoms with Gasteiger partial charge in [-0.3, -0.25) is 4.79 Å². The summed E-state index contributed by atoms with van der Waals surface area (Å²) in [5.41, 5.74) is 6.73. The molecule has 2 N–H and O–H groups in total. The predicted molar refractivity (Wildman–Crippen MR) is 84.6 cm³/mol. The number of carbonyl (C=O) groups excluding carboxylic acids is 1. The number of nitrogens with zero attached hydrogens (tertiary/aromatic N) is 1. The minimum atomic E-state index is 0.00459. The number of hydrogen-bond acceptors (Lipinski definition) is 3. The number of ether oxygens (including phenoxy) is 1. The second kappa shape index (κ2) is 7.14. The molecule has 1 fully saturated rings. The monoisotopic (exact) mass is 310 g/mol. The number of benzene rings is 1. The van der Waals surface area contributed by atoms with Crippen molar-refractivity contribution in [3.63, 3.8) is 0 Å². The molecule has 1 aliphatic heterocycles. The zero-order valence-electron chi connectivity index (χ0n) is 12.6. The maximum absolute atomic E-state index is 12.3. The fourth-order valence-electron chi connectivity index (χ4n) is 2.74. The molecule has 0 spiro atoms. The molecule has 4 nitrogen and oxygen atoms in total. The quantitative estimate of drug-likeness (QED) is 0.930. The summed E-state index contributed by atoms with van der Waals surface area (Å²) in [7, 11) is 0. The van der Waals surface area contributed by atoms with Gasteiger partial charge in [-0.1, -0.05) is 18.5 Å². The van der Waals surface area contributed by atoms with E-state index in [1.54, 1.807) is 12.1 Å². The Morgan fingerprint density at radius 2 is 2.29 bits per heavy atom. The van der Waals surface area contributed by atoms with Gasteiger partial charge in [0.15, 0.2) is 6.61 Å². The predicted octanol–water partition coefficient (Wildman–Crippen LogP) is 2.61. The molecule has 0 aliphatic carbocycles. The molecular weight excluding hydrogens is 288 g/mol. The Bertz CT molecular complexity index is 507. The normalized spacial score (nSPS) is 22.2. The lowest BCUT2D eigenvalue weighted by Gasteiger charge is -2.37. The van der Waals surface area contributed by atoms with E-state index in [0.29, 0.717) is 23.2 Å². The highest BCUT2D eigenvalue weighted by molar-refractivity contribution is 6.31. The molecule has 21 heavy (non-hydrogen) atoms. The van der Waals surface area contributed by atoms with Crippen LogP contribution in [0.25, 0.3) is 0 Å². The highest BCUT2D eigenvalue weighted by atomic mass is 35.5. The van der Waals surface area contributed by atoms with E-state index in [9.17, 15) is 4.79 Å². The number of aryl methyl sites for hydroxylation is 1. The molecule has 1 aromatic rings. The van der Waals surface area contributed by atoms with Crippen LogP contribution in [-0.4, -0.2) is 36.5 Å². The van der Waals surface area contributed by atoms with Crippen LogP contribution in [0.5, 0.6) is 5.75 Å². The first-order valence-corrected chi connectivity index (χ1v) is 7.77. The Morgan fingerprint density at radius 1 is 1.52 bits per heavy atom. The lowest BCUT2D eigenvalue weighted by molar-refractivity contribution is -0.137. The number of piperidine rings is 1. The van der Waals surface area contributed by atoms with Crippen LogP contribution < -0.4 is 10.5 Å². The van der Waals surface area contributed by atoms with Crippen molar-refractivity contribution in [3.8, 4) is 5.75 Å². The molecule has 2 unspecified atom stereocenters. The fourth-order valence-corrected chi connectivity index (χ4v) is 2.86. The molecule has 1 saturated heterocycles. The molecule has 116 valence electrons. The maximum Gasteiger partial charge on any atom is 0.260 e. The highest BCUT2D eigenvalue weighted by Gasteiger charge is 2.28. The Kier molecular flexibility index (Phi) is 5.48. The van der Waals surface area contributed by atoms with E-state index in [-0.39, 0.29) is 18.6 Å². The first-order valence-electron chi connectivity index (χ1n) is 7.39. The molecule has 1 aliphatic rings. The van der Waals surface area contributed by atoms with E-state index < -0.39 is 0 Å². The average Bonchev–Trinajstić information content (AvgIpc) is 2.48. The van der Waals surface area contributed by atoms with E-state index in [1.165, 1.54) is 0 Å². The maximum atomic E-state index is 12.3. The van der Waals surface area contributed by atoms with Crippen molar-refractivity contribution < 1.29 is 9.53 Å². The number of amides is 1. The Labute approximate surface area is 131 Å². The summed E-state index contributed by atoms with van der Waals surface area (Å²) in [4.78, 5) is 14.2. The molecule has 1 aromatic carbocycles. The van der Waals surface area contributed by atoms with Gasteiger partial charge in [0, 0.05) is 24.2 Å². The summed E-state index contributed by atoms with van der Waals surface area (Å²) in [5.74, 6) is 1.30. The zero-order chi connectivity index (χ0) is 15.4. The molecule has 0 radical (unpaired) electrons. The summed E-state index contributed by atoms with van der Waals surface area (Å²) in [6, 6.07) is 5.54.